The van der Waals surface area contributed by atoms with Crippen LogP contribution in [0.5, 0.6) is 0 Å². The number of carbonyl (C=O) groups excluding carboxylic acids is 3. The number of amides is 3. The second-order valence-electron chi connectivity index (χ2n) is 4.47. The van der Waals surface area contributed by atoms with E-state index in [1.165, 1.54) is 4.90 Å². The molecule has 1 aliphatic heterocycles. The molecular weight excluding hydrogens is 222 g/mol. The van der Waals surface area contributed by atoms with Crippen molar-refractivity contribution in [2.75, 3.05) is 13.6 Å². The van der Waals surface area contributed by atoms with Crippen LogP contribution in [0, 0.1) is 0 Å². The Kier molecular flexibility index (Phi) is 3.42. The highest BCUT2D eigenvalue weighted by Gasteiger charge is 2.45. The zero-order valence-corrected chi connectivity index (χ0v) is 9.86. The average Bonchev–Trinajstić information content (AvgIpc) is 3.08. The number of rotatable bonds is 5. The van der Waals surface area contributed by atoms with Crippen molar-refractivity contribution in [3.63, 3.8) is 0 Å². The van der Waals surface area contributed by atoms with Gasteiger partial charge in [0.05, 0.1) is 12.5 Å². The van der Waals surface area contributed by atoms with Crippen LogP contribution in [-0.2, 0) is 14.4 Å². The number of nitrogens with zero attached hydrogens (tertiary/aromatic N) is 1. The lowest BCUT2D eigenvalue weighted by molar-refractivity contribution is -0.139. The van der Waals surface area contributed by atoms with Crippen LogP contribution in [0.1, 0.15) is 25.7 Å². The Morgan fingerprint density at radius 1 is 1.41 bits per heavy atom. The van der Waals surface area contributed by atoms with Crippen molar-refractivity contribution < 1.29 is 14.4 Å². The van der Waals surface area contributed by atoms with E-state index in [1.54, 1.807) is 7.05 Å². The monoisotopic (exact) mass is 239 g/mol. The molecule has 6 nitrogen and oxygen atoms in total. The van der Waals surface area contributed by atoms with Crippen LogP contribution in [0.15, 0.2) is 0 Å². The smallest absolute Gasteiger partial charge is 0.247 e. The third-order valence-corrected chi connectivity index (χ3v) is 3.12. The topological polar surface area (TPSA) is 78.5 Å². The largest absolute Gasteiger partial charge is 0.359 e. The van der Waals surface area contributed by atoms with E-state index in [2.05, 4.69) is 10.6 Å². The lowest BCUT2D eigenvalue weighted by Gasteiger charge is -2.14. The Hall–Kier alpha value is -1.43. The molecule has 2 rings (SSSR count). The molecule has 1 saturated heterocycles. The van der Waals surface area contributed by atoms with Crippen molar-refractivity contribution >= 4 is 17.7 Å². The minimum atomic E-state index is -0.437. The summed E-state index contributed by atoms with van der Waals surface area (Å²) in [7, 11) is 1.57. The maximum Gasteiger partial charge on any atom is 0.247 e. The van der Waals surface area contributed by atoms with Crippen molar-refractivity contribution in [3.8, 4) is 0 Å². The van der Waals surface area contributed by atoms with E-state index in [0.717, 1.165) is 12.8 Å². The van der Waals surface area contributed by atoms with Crippen molar-refractivity contribution in [3.05, 3.63) is 0 Å². The fourth-order valence-corrected chi connectivity index (χ4v) is 2.01. The van der Waals surface area contributed by atoms with Gasteiger partial charge in [0.25, 0.3) is 0 Å². The van der Waals surface area contributed by atoms with Gasteiger partial charge in [0, 0.05) is 26.1 Å². The van der Waals surface area contributed by atoms with Crippen LogP contribution in [0.3, 0.4) is 0 Å². The van der Waals surface area contributed by atoms with Crippen LogP contribution in [-0.4, -0.2) is 48.3 Å². The molecular formula is C11H17N3O3. The molecule has 2 fully saturated rings. The minimum absolute atomic E-state index is 0.0756. The number of likely N-dealkylation sites (tertiary alicyclic amines) is 1. The number of nitrogens with one attached hydrogen (secondary N) is 2. The second kappa shape index (κ2) is 4.83. The Labute approximate surface area is 99.7 Å². The highest BCUT2D eigenvalue weighted by Crippen LogP contribution is 2.31. The molecule has 0 spiro atoms. The third-order valence-electron chi connectivity index (χ3n) is 3.12. The molecule has 1 unspecified atom stereocenters. The van der Waals surface area contributed by atoms with E-state index in [4.69, 9.17) is 0 Å². The van der Waals surface area contributed by atoms with E-state index in [0.29, 0.717) is 13.0 Å². The van der Waals surface area contributed by atoms with E-state index in [9.17, 15) is 14.4 Å². The van der Waals surface area contributed by atoms with E-state index >= 15 is 0 Å². The average molecular weight is 239 g/mol. The van der Waals surface area contributed by atoms with Crippen LogP contribution < -0.4 is 10.6 Å². The van der Waals surface area contributed by atoms with Gasteiger partial charge in [-0.2, -0.15) is 0 Å². The van der Waals surface area contributed by atoms with Gasteiger partial charge < -0.3 is 10.6 Å². The number of hydrogen-bond donors (Lipinski definition) is 2. The summed E-state index contributed by atoms with van der Waals surface area (Å²) in [4.78, 5) is 35.9. The number of imide groups is 1. The summed E-state index contributed by atoms with van der Waals surface area (Å²) in [5, 5.41) is 5.47. The SMILES string of the molecule is CNC(=O)CCNC1CC(=O)N(C2CC2)C1=O. The van der Waals surface area contributed by atoms with E-state index in [1.807, 2.05) is 0 Å². The predicted molar refractivity (Wildman–Crippen MR) is 60.0 cm³/mol. The highest BCUT2D eigenvalue weighted by atomic mass is 16.2. The first-order chi connectivity index (χ1) is 8.13. The molecule has 17 heavy (non-hydrogen) atoms. The molecule has 3 amide bonds. The summed E-state index contributed by atoms with van der Waals surface area (Å²) in [6, 6.07) is -0.298. The first kappa shape index (κ1) is 12.0. The molecule has 6 heteroatoms. The van der Waals surface area contributed by atoms with Gasteiger partial charge in [0.15, 0.2) is 0 Å². The first-order valence-electron chi connectivity index (χ1n) is 5.93. The lowest BCUT2D eigenvalue weighted by Crippen LogP contribution is -2.40. The zero-order chi connectivity index (χ0) is 12.4. The fraction of sp³-hybridized carbons (Fsp3) is 0.727. The van der Waals surface area contributed by atoms with Crippen molar-refractivity contribution in [1.29, 1.82) is 0 Å². The van der Waals surface area contributed by atoms with Gasteiger partial charge in [-0.05, 0) is 12.8 Å². The van der Waals surface area contributed by atoms with E-state index in [-0.39, 0.29) is 30.2 Å². The predicted octanol–water partition coefficient (Wildman–Crippen LogP) is -0.998. The van der Waals surface area contributed by atoms with Gasteiger partial charge in [-0.15, -0.1) is 0 Å². The number of hydrogen-bond acceptors (Lipinski definition) is 4. The molecule has 0 aromatic heterocycles. The quantitative estimate of drug-likeness (QED) is 0.603. The normalized spacial score (nSPS) is 24.3. The molecule has 2 aliphatic rings. The molecule has 1 atom stereocenters. The summed E-state index contributed by atoms with van der Waals surface area (Å²) in [6.07, 6.45) is 2.41. The molecule has 0 aromatic carbocycles. The van der Waals surface area contributed by atoms with Gasteiger partial charge in [-0.25, -0.2) is 0 Å². The van der Waals surface area contributed by atoms with Gasteiger partial charge in [-0.1, -0.05) is 0 Å². The molecule has 0 bridgehead atoms. The fourth-order valence-electron chi connectivity index (χ4n) is 2.01. The van der Waals surface area contributed by atoms with Crippen molar-refractivity contribution in [2.24, 2.45) is 0 Å². The Morgan fingerprint density at radius 2 is 2.12 bits per heavy atom. The highest BCUT2D eigenvalue weighted by molar-refractivity contribution is 6.06. The van der Waals surface area contributed by atoms with Crippen molar-refractivity contribution in [1.82, 2.24) is 15.5 Å². The first-order valence-corrected chi connectivity index (χ1v) is 5.93. The Bertz CT molecular complexity index is 352. The van der Waals surface area contributed by atoms with Gasteiger partial charge in [-0.3, -0.25) is 19.3 Å². The van der Waals surface area contributed by atoms with Crippen LogP contribution in [0.2, 0.25) is 0 Å². The summed E-state index contributed by atoms with van der Waals surface area (Å²) >= 11 is 0. The Morgan fingerprint density at radius 3 is 2.71 bits per heavy atom. The molecule has 0 aromatic rings. The molecule has 1 heterocycles. The van der Waals surface area contributed by atoms with Crippen LogP contribution in [0.4, 0.5) is 0 Å². The minimum Gasteiger partial charge on any atom is -0.359 e. The van der Waals surface area contributed by atoms with Crippen molar-refractivity contribution in [2.45, 2.75) is 37.8 Å². The van der Waals surface area contributed by atoms with Crippen LogP contribution >= 0.6 is 0 Å². The van der Waals surface area contributed by atoms with Gasteiger partial charge >= 0.3 is 0 Å². The van der Waals surface area contributed by atoms with Gasteiger partial charge in [0.2, 0.25) is 17.7 Å². The number of carbonyl (C=O) groups is 3. The zero-order valence-electron chi connectivity index (χ0n) is 9.86. The van der Waals surface area contributed by atoms with Crippen LogP contribution in [0.25, 0.3) is 0 Å². The Balaban J connectivity index is 1.80. The summed E-state index contributed by atoms with van der Waals surface area (Å²) in [5.74, 6) is -0.294. The molecule has 2 N–H and O–H groups in total. The summed E-state index contributed by atoms with van der Waals surface area (Å²) in [5.41, 5.74) is 0. The van der Waals surface area contributed by atoms with E-state index < -0.39 is 6.04 Å². The maximum absolute atomic E-state index is 11.9. The third kappa shape index (κ3) is 2.63. The lowest BCUT2D eigenvalue weighted by atomic mass is 10.2. The second-order valence-corrected chi connectivity index (χ2v) is 4.47. The molecule has 1 aliphatic carbocycles. The molecule has 1 saturated carbocycles. The summed E-state index contributed by atoms with van der Waals surface area (Å²) in [6.45, 7) is 0.419. The maximum atomic E-state index is 11.9. The molecule has 0 radical (unpaired) electrons. The summed E-state index contributed by atoms with van der Waals surface area (Å²) < 4.78 is 0. The standard InChI is InChI=1S/C11H17N3O3/c1-12-9(15)4-5-13-8-6-10(16)14(11(8)17)7-2-3-7/h7-8,13H,2-6H2,1H3,(H,12,15). The van der Waals surface area contributed by atoms with Gasteiger partial charge in [0.1, 0.15) is 0 Å². The molecule has 94 valence electrons.